The maximum Gasteiger partial charge on any atom is 0.314 e. The van der Waals surface area contributed by atoms with Crippen molar-refractivity contribution in [1.29, 1.82) is 0 Å². The Morgan fingerprint density at radius 3 is 2.32 bits per heavy atom. The summed E-state index contributed by atoms with van der Waals surface area (Å²) in [6, 6.07) is 12.6. The van der Waals surface area contributed by atoms with E-state index >= 15 is 0 Å². The van der Waals surface area contributed by atoms with Crippen LogP contribution in [0.3, 0.4) is 0 Å². The normalized spacial score (nSPS) is 23.3. The molecule has 1 saturated heterocycles. The third-order valence-electron chi connectivity index (χ3n) is 6.13. The number of hydrogen-bond acceptors (Lipinski definition) is 2. The Bertz CT molecular complexity index is 907. The molecule has 0 spiro atoms. The van der Waals surface area contributed by atoms with E-state index in [0.717, 1.165) is 11.6 Å². The number of carbonyl (C=O) groups excluding carboxylic acids is 1. The number of aliphatic carboxylic acids is 1. The molecule has 2 aliphatic rings. The van der Waals surface area contributed by atoms with Gasteiger partial charge in [0.2, 0.25) is 5.91 Å². The SMILES string of the molecule is O=C([C@@H]1C[C@H]1c1ccc(F)cc1F)N1CCC(C(=O)O)(c2ccccc2)CC1. The Kier molecular flexibility index (Phi) is 4.65. The molecule has 0 unspecified atom stereocenters. The summed E-state index contributed by atoms with van der Waals surface area (Å²) < 4.78 is 27.1. The lowest BCUT2D eigenvalue weighted by atomic mass is 9.73. The van der Waals surface area contributed by atoms with E-state index in [1.807, 2.05) is 30.3 Å². The fourth-order valence-corrected chi connectivity index (χ4v) is 4.34. The lowest BCUT2D eigenvalue weighted by Gasteiger charge is -2.39. The molecule has 0 radical (unpaired) electrons. The van der Waals surface area contributed by atoms with Crippen LogP contribution in [0.25, 0.3) is 0 Å². The molecule has 4 rings (SSSR count). The minimum Gasteiger partial charge on any atom is -0.481 e. The minimum absolute atomic E-state index is 0.0687. The number of nitrogens with zero attached hydrogens (tertiary/aromatic N) is 1. The van der Waals surface area contributed by atoms with E-state index in [2.05, 4.69) is 0 Å². The second-order valence-corrected chi connectivity index (χ2v) is 7.69. The summed E-state index contributed by atoms with van der Waals surface area (Å²) in [5.41, 5.74) is 0.151. The number of likely N-dealkylation sites (tertiary alicyclic amines) is 1. The van der Waals surface area contributed by atoms with Crippen LogP contribution in [-0.4, -0.2) is 35.0 Å². The predicted molar refractivity (Wildman–Crippen MR) is 98.8 cm³/mol. The van der Waals surface area contributed by atoms with Crippen LogP contribution >= 0.6 is 0 Å². The Balaban J connectivity index is 1.44. The average molecular weight is 385 g/mol. The van der Waals surface area contributed by atoms with Crippen molar-refractivity contribution in [2.75, 3.05) is 13.1 Å². The fourth-order valence-electron chi connectivity index (χ4n) is 4.34. The maximum atomic E-state index is 14.0. The molecule has 1 amide bonds. The number of piperidine rings is 1. The quantitative estimate of drug-likeness (QED) is 0.873. The van der Waals surface area contributed by atoms with E-state index < -0.39 is 23.0 Å². The van der Waals surface area contributed by atoms with Crippen molar-refractivity contribution >= 4 is 11.9 Å². The summed E-state index contributed by atoms with van der Waals surface area (Å²) in [7, 11) is 0. The predicted octanol–water partition coefficient (Wildman–Crippen LogP) is 3.71. The third kappa shape index (κ3) is 3.17. The van der Waals surface area contributed by atoms with Gasteiger partial charge in [-0.2, -0.15) is 0 Å². The first kappa shape index (κ1) is 18.6. The molecule has 28 heavy (non-hydrogen) atoms. The van der Waals surface area contributed by atoms with Crippen LogP contribution in [0.5, 0.6) is 0 Å². The number of halogens is 2. The third-order valence-corrected chi connectivity index (χ3v) is 6.13. The Morgan fingerprint density at radius 2 is 1.71 bits per heavy atom. The summed E-state index contributed by atoms with van der Waals surface area (Å²) in [6.45, 7) is 0.713. The first-order valence-electron chi connectivity index (χ1n) is 9.45. The van der Waals surface area contributed by atoms with Crippen LogP contribution < -0.4 is 0 Å². The van der Waals surface area contributed by atoms with Crippen molar-refractivity contribution in [3.05, 3.63) is 71.3 Å². The van der Waals surface area contributed by atoms with E-state index in [0.29, 0.717) is 37.9 Å². The van der Waals surface area contributed by atoms with E-state index in [1.54, 1.807) is 4.90 Å². The van der Waals surface area contributed by atoms with Crippen molar-refractivity contribution < 1.29 is 23.5 Å². The van der Waals surface area contributed by atoms with Crippen LogP contribution in [-0.2, 0) is 15.0 Å². The first-order valence-corrected chi connectivity index (χ1v) is 9.45. The molecule has 146 valence electrons. The smallest absolute Gasteiger partial charge is 0.314 e. The highest BCUT2D eigenvalue weighted by molar-refractivity contribution is 5.85. The average Bonchev–Trinajstić information content (AvgIpc) is 3.48. The molecule has 4 nitrogen and oxygen atoms in total. The monoisotopic (exact) mass is 385 g/mol. The molecule has 0 aromatic heterocycles. The van der Waals surface area contributed by atoms with Crippen LogP contribution in [0, 0.1) is 17.6 Å². The zero-order valence-corrected chi connectivity index (χ0v) is 15.3. The summed E-state index contributed by atoms with van der Waals surface area (Å²) in [5.74, 6) is -2.73. The van der Waals surface area contributed by atoms with Crippen molar-refractivity contribution in [3.63, 3.8) is 0 Å². The van der Waals surface area contributed by atoms with Crippen LogP contribution in [0.4, 0.5) is 8.78 Å². The van der Waals surface area contributed by atoms with Gasteiger partial charge in [-0.25, -0.2) is 8.78 Å². The summed E-state index contributed by atoms with van der Waals surface area (Å²) in [6.07, 6.45) is 1.24. The molecule has 2 aromatic rings. The van der Waals surface area contributed by atoms with Crippen molar-refractivity contribution in [3.8, 4) is 0 Å². The lowest BCUT2D eigenvalue weighted by molar-refractivity contribution is -0.148. The molecular weight excluding hydrogens is 364 g/mol. The minimum atomic E-state index is -0.982. The number of amides is 1. The molecule has 2 aromatic carbocycles. The summed E-state index contributed by atoms with van der Waals surface area (Å²) >= 11 is 0. The van der Waals surface area contributed by atoms with Gasteiger partial charge in [0.1, 0.15) is 11.6 Å². The Hall–Kier alpha value is -2.76. The molecule has 6 heteroatoms. The molecule has 2 atom stereocenters. The van der Waals surface area contributed by atoms with Crippen LogP contribution in [0.1, 0.15) is 36.3 Å². The van der Waals surface area contributed by atoms with Gasteiger partial charge in [0, 0.05) is 25.1 Å². The number of carboxylic acids is 1. The van der Waals surface area contributed by atoms with Gasteiger partial charge in [-0.05, 0) is 42.4 Å². The van der Waals surface area contributed by atoms with E-state index in [-0.39, 0.29) is 17.7 Å². The molecular formula is C22H21F2NO3. The highest BCUT2D eigenvalue weighted by atomic mass is 19.1. The Morgan fingerprint density at radius 1 is 1.04 bits per heavy atom. The van der Waals surface area contributed by atoms with E-state index in [1.165, 1.54) is 12.1 Å². The van der Waals surface area contributed by atoms with Gasteiger partial charge < -0.3 is 10.0 Å². The van der Waals surface area contributed by atoms with E-state index in [4.69, 9.17) is 0 Å². The molecule has 1 aliphatic heterocycles. The highest BCUT2D eigenvalue weighted by Crippen LogP contribution is 2.50. The summed E-state index contributed by atoms with van der Waals surface area (Å²) in [4.78, 5) is 26.5. The Labute approximate surface area is 161 Å². The second-order valence-electron chi connectivity index (χ2n) is 7.69. The number of benzene rings is 2. The largest absolute Gasteiger partial charge is 0.481 e. The van der Waals surface area contributed by atoms with Gasteiger partial charge >= 0.3 is 5.97 Å². The van der Waals surface area contributed by atoms with Gasteiger partial charge in [0.15, 0.2) is 0 Å². The number of carboxylic acid groups (broad SMARTS) is 1. The number of hydrogen-bond donors (Lipinski definition) is 1. The van der Waals surface area contributed by atoms with Gasteiger partial charge in [-0.1, -0.05) is 36.4 Å². The maximum absolute atomic E-state index is 14.0. The number of rotatable bonds is 4. The van der Waals surface area contributed by atoms with Gasteiger partial charge in [0.25, 0.3) is 0 Å². The van der Waals surface area contributed by atoms with Crippen molar-refractivity contribution in [2.45, 2.75) is 30.6 Å². The first-order chi connectivity index (χ1) is 13.4. The molecule has 1 saturated carbocycles. The lowest BCUT2D eigenvalue weighted by Crippen LogP contribution is -2.49. The summed E-state index contributed by atoms with van der Waals surface area (Å²) in [5, 5.41) is 9.86. The second kappa shape index (κ2) is 7.00. The highest BCUT2D eigenvalue weighted by Gasteiger charge is 2.49. The van der Waals surface area contributed by atoms with Gasteiger partial charge in [0.05, 0.1) is 5.41 Å². The molecule has 1 heterocycles. The zero-order valence-electron chi connectivity index (χ0n) is 15.3. The van der Waals surface area contributed by atoms with Gasteiger partial charge in [-0.3, -0.25) is 9.59 Å². The molecule has 2 fully saturated rings. The standard InChI is InChI=1S/C22H21F2NO3/c23-15-6-7-16(19(24)12-15)17-13-18(17)20(26)25-10-8-22(9-11-25,21(27)28)14-4-2-1-3-5-14/h1-7,12,17-18H,8-11,13H2,(H,27,28)/t17-,18+/m0/s1. The van der Waals surface area contributed by atoms with E-state index in [9.17, 15) is 23.5 Å². The number of carbonyl (C=O) groups is 2. The van der Waals surface area contributed by atoms with Crippen LogP contribution in [0.15, 0.2) is 48.5 Å². The molecule has 1 N–H and O–H groups in total. The van der Waals surface area contributed by atoms with Crippen molar-refractivity contribution in [2.24, 2.45) is 5.92 Å². The zero-order chi connectivity index (χ0) is 19.9. The molecule has 1 aliphatic carbocycles. The van der Waals surface area contributed by atoms with Crippen molar-refractivity contribution in [1.82, 2.24) is 4.90 Å². The molecule has 0 bridgehead atoms. The van der Waals surface area contributed by atoms with Crippen LogP contribution in [0.2, 0.25) is 0 Å². The topological polar surface area (TPSA) is 57.6 Å². The van der Waals surface area contributed by atoms with Gasteiger partial charge in [-0.15, -0.1) is 0 Å². The fraction of sp³-hybridized carbons (Fsp3) is 0.364.